The number of nitrogens with two attached hydrogens (primary N) is 1. The monoisotopic (exact) mass is 356 g/mol. The molecule has 0 bridgehead atoms. The summed E-state index contributed by atoms with van der Waals surface area (Å²) in [6, 6.07) is 10.4. The Kier molecular flexibility index (Phi) is 5.21. The highest BCUT2D eigenvalue weighted by Gasteiger charge is 2.13. The van der Waals surface area contributed by atoms with Crippen LogP contribution in [0.3, 0.4) is 0 Å². The van der Waals surface area contributed by atoms with E-state index in [1.54, 1.807) is 19.1 Å². The Morgan fingerprint density at radius 1 is 1.27 bits per heavy atom. The second-order valence-electron chi connectivity index (χ2n) is 5.86. The van der Waals surface area contributed by atoms with E-state index in [0.717, 1.165) is 17.7 Å². The molecule has 1 aliphatic heterocycles. The van der Waals surface area contributed by atoms with Crippen LogP contribution in [0.2, 0.25) is 0 Å². The van der Waals surface area contributed by atoms with Crippen LogP contribution in [0, 0.1) is 17.0 Å². The summed E-state index contributed by atoms with van der Waals surface area (Å²) in [5, 5.41) is 14.0. The molecule has 3 rings (SSSR count). The third kappa shape index (κ3) is 4.02. The van der Waals surface area contributed by atoms with Crippen LogP contribution in [0.25, 0.3) is 0 Å². The van der Waals surface area contributed by atoms with Crippen molar-refractivity contribution in [1.82, 2.24) is 0 Å². The van der Waals surface area contributed by atoms with Crippen LogP contribution in [0.4, 0.5) is 11.4 Å². The molecule has 1 aliphatic rings. The Labute approximate surface area is 150 Å². The van der Waals surface area contributed by atoms with Crippen molar-refractivity contribution in [3.63, 3.8) is 0 Å². The topological polar surface area (TPSA) is 112 Å². The fourth-order valence-electron chi connectivity index (χ4n) is 2.64. The van der Waals surface area contributed by atoms with Crippen LogP contribution in [0.1, 0.15) is 17.5 Å². The first-order valence-electron chi connectivity index (χ1n) is 8.24. The van der Waals surface area contributed by atoms with Gasteiger partial charge in [-0.3, -0.25) is 10.1 Å². The Morgan fingerprint density at radius 3 is 2.81 bits per heavy atom. The van der Waals surface area contributed by atoms with Crippen molar-refractivity contribution >= 4 is 17.3 Å². The number of aliphatic imine (C=N–C) groups is 1. The van der Waals surface area contributed by atoms with Crippen LogP contribution in [-0.4, -0.2) is 24.1 Å². The lowest BCUT2D eigenvalue weighted by Gasteiger charge is -2.11. The van der Waals surface area contributed by atoms with Crippen molar-refractivity contribution < 1.29 is 14.4 Å². The van der Waals surface area contributed by atoms with Gasteiger partial charge in [-0.1, -0.05) is 12.1 Å². The molecule has 3 N–H and O–H groups in total. The van der Waals surface area contributed by atoms with E-state index in [4.69, 9.17) is 15.2 Å². The van der Waals surface area contributed by atoms with E-state index in [2.05, 4.69) is 10.3 Å². The van der Waals surface area contributed by atoms with Crippen LogP contribution < -0.4 is 20.5 Å². The van der Waals surface area contributed by atoms with Crippen molar-refractivity contribution in [2.45, 2.75) is 19.9 Å². The van der Waals surface area contributed by atoms with Crippen LogP contribution in [-0.2, 0) is 6.54 Å². The van der Waals surface area contributed by atoms with Gasteiger partial charge >= 0.3 is 0 Å². The van der Waals surface area contributed by atoms with Gasteiger partial charge in [0.15, 0.2) is 17.5 Å². The first-order valence-corrected chi connectivity index (χ1v) is 8.24. The number of rotatable bonds is 4. The van der Waals surface area contributed by atoms with Gasteiger partial charge in [-0.2, -0.15) is 0 Å². The number of hydrogen-bond acceptors (Lipinski definition) is 5. The second kappa shape index (κ2) is 7.73. The van der Waals surface area contributed by atoms with Crippen molar-refractivity contribution in [2.75, 3.05) is 18.5 Å². The molecule has 136 valence electrons. The summed E-state index contributed by atoms with van der Waals surface area (Å²) in [5.41, 5.74) is 8.09. The fourth-order valence-corrected chi connectivity index (χ4v) is 2.64. The van der Waals surface area contributed by atoms with Crippen molar-refractivity contribution in [3.05, 3.63) is 57.6 Å². The number of anilines is 1. The number of guanidine groups is 1. The Hall–Kier alpha value is -3.29. The fraction of sp³-hybridized carbons (Fsp3) is 0.278. The van der Waals surface area contributed by atoms with Gasteiger partial charge in [-0.05, 0) is 24.6 Å². The van der Waals surface area contributed by atoms with Gasteiger partial charge in [0.2, 0.25) is 0 Å². The van der Waals surface area contributed by atoms with Gasteiger partial charge in [0, 0.05) is 29.8 Å². The van der Waals surface area contributed by atoms with E-state index in [1.165, 1.54) is 6.07 Å². The van der Waals surface area contributed by atoms with E-state index in [1.807, 2.05) is 18.2 Å². The number of nitrogens with one attached hydrogen (secondary N) is 1. The summed E-state index contributed by atoms with van der Waals surface area (Å²) in [4.78, 5) is 14.9. The van der Waals surface area contributed by atoms with Crippen LogP contribution in [0.5, 0.6) is 11.5 Å². The molecular formula is C18H20N4O4. The lowest BCUT2D eigenvalue weighted by molar-refractivity contribution is -0.385. The normalized spacial score (nSPS) is 13.8. The van der Waals surface area contributed by atoms with Gasteiger partial charge < -0.3 is 20.5 Å². The minimum Gasteiger partial charge on any atom is -0.490 e. The lowest BCUT2D eigenvalue weighted by atomic mass is 10.1. The quantitative estimate of drug-likeness (QED) is 0.377. The standard InChI is InChI=1S/C18H20N4O4/c1-12-13(4-2-5-15(12)22(23)24)11-20-18(19)21-14-6-7-16-17(10-14)26-9-3-8-25-16/h2,4-7,10H,3,8-9,11H2,1H3,(H3,19,20,21). The molecule has 0 fully saturated rings. The maximum absolute atomic E-state index is 11.0. The molecule has 0 unspecified atom stereocenters. The minimum atomic E-state index is -0.401. The summed E-state index contributed by atoms with van der Waals surface area (Å²) in [6.45, 7) is 3.19. The van der Waals surface area contributed by atoms with Gasteiger partial charge in [0.05, 0.1) is 24.7 Å². The van der Waals surface area contributed by atoms with E-state index in [9.17, 15) is 10.1 Å². The molecule has 8 heteroatoms. The molecule has 0 atom stereocenters. The average Bonchev–Trinajstić information content (AvgIpc) is 2.85. The van der Waals surface area contributed by atoms with Crippen molar-refractivity contribution in [1.29, 1.82) is 0 Å². The molecule has 0 saturated heterocycles. The number of nitro benzene ring substituents is 1. The molecule has 0 aromatic heterocycles. The summed E-state index contributed by atoms with van der Waals surface area (Å²) in [7, 11) is 0. The Morgan fingerprint density at radius 2 is 2.04 bits per heavy atom. The summed E-state index contributed by atoms with van der Waals surface area (Å²) < 4.78 is 11.2. The van der Waals surface area contributed by atoms with Gasteiger partial charge in [-0.15, -0.1) is 0 Å². The molecule has 0 aliphatic carbocycles. The number of nitrogens with zero attached hydrogens (tertiary/aromatic N) is 2. The second-order valence-corrected chi connectivity index (χ2v) is 5.86. The van der Waals surface area contributed by atoms with Crippen LogP contribution in [0.15, 0.2) is 41.4 Å². The van der Waals surface area contributed by atoms with Crippen molar-refractivity contribution in [2.24, 2.45) is 10.7 Å². The highest BCUT2D eigenvalue weighted by atomic mass is 16.6. The summed E-state index contributed by atoms with van der Waals surface area (Å²) >= 11 is 0. The van der Waals surface area contributed by atoms with E-state index in [-0.39, 0.29) is 18.2 Å². The number of hydrogen-bond donors (Lipinski definition) is 2. The molecule has 8 nitrogen and oxygen atoms in total. The third-order valence-corrected chi connectivity index (χ3v) is 4.05. The molecule has 0 saturated carbocycles. The molecule has 0 amide bonds. The minimum absolute atomic E-state index is 0.0760. The largest absolute Gasteiger partial charge is 0.490 e. The third-order valence-electron chi connectivity index (χ3n) is 4.05. The number of nitro groups is 1. The molecule has 0 spiro atoms. The number of fused-ring (bicyclic) bond motifs is 1. The van der Waals surface area contributed by atoms with Crippen LogP contribution >= 0.6 is 0 Å². The Balaban J connectivity index is 1.70. The first-order chi connectivity index (χ1) is 12.5. The van der Waals surface area contributed by atoms with E-state index in [0.29, 0.717) is 30.3 Å². The van der Waals surface area contributed by atoms with E-state index >= 15 is 0 Å². The average molecular weight is 356 g/mol. The smallest absolute Gasteiger partial charge is 0.272 e. The molecule has 1 heterocycles. The van der Waals surface area contributed by atoms with Gasteiger partial charge in [0.1, 0.15) is 0 Å². The number of ether oxygens (including phenoxy) is 2. The van der Waals surface area contributed by atoms with Gasteiger partial charge in [-0.25, -0.2) is 4.99 Å². The maximum Gasteiger partial charge on any atom is 0.272 e. The SMILES string of the molecule is Cc1c(CN=C(N)Nc2ccc3c(c2)OCCCO3)cccc1[N+](=O)[O-]. The lowest BCUT2D eigenvalue weighted by Crippen LogP contribution is -2.22. The van der Waals surface area contributed by atoms with E-state index < -0.39 is 4.92 Å². The molecule has 2 aromatic rings. The molecule has 26 heavy (non-hydrogen) atoms. The first kappa shape index (κ1) is 17.5. The summed E-state index contributed by atoms with van der Waals surface area (Å²) in [6.07, 6.45) is 0.837. The molecule has 0 radical (unpaired) electrons. The van der Waals surface area contributed by atoms with Gasteiger partial charge in [0.25, 0.3) is 5.69 Å². The molecular weight excluding hydrogens is 336 g/mol. The highest BCUT2D eigenvalue weighted by Crippen LogP contribution is 2.32. The summed E-state index contributed by atoms with van der Waals surface area (Å²) in [5.74, 6) is 1.58. The molecule has 2 aromatic carbocycles. The Bertz CT molecular complexity index is 851. The number of benzene rings is 2. The zero-order chi connectivity index (χ0) is 18.5. The zero-order valence-corrected chi connectivity index (χ0v) is 14.4. The zero-order valence-electron chi connectivity index (χ0n) is 14.4. The van der Waals surface area contributed by atoms with Crippen molar-refractivity contribution in [3.8, 4) is 11.5 Å². The predicted molar refractivity (Wildman–Crippen MR) is 98.8 cm³/mol. The maximum atomic E-state index is 11.0. The predicted octanol–water partition coefficient (Wildman–Crippen LogP) is 2.99. The highest BCUT2D eigenvalue weighted by molar-refractivity contribution is 5.92.